The normalized spacial score (nSPS) is 15.0. The number of nitrogens with zero attached hydrogens (tertiary/aromatic N) is 2. The van der Waals surface area contributed by atoms with Crippen LogP contribution in [0.3, 0.4) is 0 Å². The lowest BCUT2D eigenvalue weighted by Crippen LogP contribution is -2.29. The van der Waals surface area contributed by atoms with Gasteiger partial charge in [0.1, 0.15) is 6.54 Å². The molecule has 0 saturated heterocycles. The minimum Gasteiger partial charge on any atom is -0.480 e. The van der Waals surface area contributed by atoms with Crippen molar-refractivity contribution in [3.05, 3.63) is 12.4 Å². The van der Waals surface area contributed by atoms with Gasteiger partial charge in [0.2, 0.25) is 0 Å². The lowest BCUT2D eigenvalue weighted by molar-refractivity contribution is -0.137. The van der Waals surface area contributed by atoms with Gasteiger partial charge in [-0.05, 0) is 18.8 Å². The van der Waals surface area contributed by atoms with Crippen molar-refractivity contribution < 1.29 is 14.7 Å². The van der Waals surface area contributed by atoms with Crippen LogP contribution in [0.1, 0.15) is 38.5 Å². The van der Waals surface area contributed by atoms with Gasteiger partial charge >= 0.3 is 12.0 Å². The summed E-state index contributed by atoms with van der Waals surface area (Å²) in [6, 6.07) is -0.281. The fraction of sp³-hybridized carbons (Fsp3) is 0.643. The summed E-state index contributed by atoms with van der Waals surface area (Å²) in [6.45, 7) is 0.441. The second-order valence-electron chi connectivity index (χ2n) is 5.49. The highest BCUT2D eigenvalue weighted by atomic mass is 16.4. The summed E-state index contributed by atoms with van der Waals surface area (Å²) in [5.74, 6) is -0.134. The number of aliphatic carboxylic acids is 1. The Balaban J connectivity index is 1.62. The number of carboxylic acids is 1. The van der Waals surface area contributed by atoms with Gasteiger partial charge in [-0.3, -0.25) is 9.48 Å². The molecule has 1 fully saturated rings. The Morgan fingerprint density at radius 1 is 1.38 bits per heavy atom. The first-order chi connectivity index (χ1) is 10.1. The Kier molecular flexibility index (Phi) is 5.59. The Hall–Kier alpha value is -2.05. The van der Waals surface area contributed by atoms with Gasteiger partial charge in [0.15, 0.2) is 0 Å². The Morgan fingerprint density at radius 2 is 2.14 bits per heavy atom. The van der Waals surface area contributed by atoms with E-state index in [2.05, 4.69) is 15.7 Å². The van der Waals surface area contributed by atoms with Crippen molar-refractivity contribution in [1.82, 2.24) is 15.1 Å². The van der Waals surface area contributed by atoms with Crippen molar-refractivity contribution in [2.45, 2.75) is 45.1 Å². The fourth-order valence-electron chi connectivity index (χ4n) is 2.72. The van der Waals surface area contributed by atoms with Crippen molar-refractivity contribution in [1.29, 1.82) is 0 Å². The van der Waals surface area contributed by atoms with E-state index in [0.717, 1.165) is 12.3 Å². The second kappa shape index (κ2) is 7.66. The molecule has 1 aliphatic carbocycles. The van der Waals surface area contributed by atoms with Crippen LogP contribution in [0.15, 0.2) is 12.4 Å². The van der Waals surface area contributed by atoms with E-state index in [1.165, 1.54) is 49.2 Å². The number of rotatable bonds is 7. The maximum Gasteiger partial charge on any atom is 0.325 e. The first-order valence-electron chi connectivity index (χ1n) is 7.42. The maximum atomic E-state index is 11.7. The molecule has 1 aromatic rings. The zero-order chi connectivity index (χ0) is 15.1. The molecule has 0 unspecified atom stereocenters. The van der Waals surface area contributed by atoms with Crippen molar-refractivity contribution in [3.8, 4) is 0 Å². The molecule has 0 spiro atoms. The molecule has 2 amide bonds. The maximum absolute atomic E-state index is 11.7. The predicted molar refractivity (Wildman–Crippen MR) is 78.1 cm³/mol. The molecule has 3 N–H and O–H groups in total. The largest absolute Gasteiger partial charge is 0.480 e. The molecule has 1 aliphatic rings. The molecule has 2 rings (SSSR count). The van der Waals surface area contributed by atoms with Crippen molar-refractivity contribution in [2.75, 3.05) is 11.9 Å². The Bertz CT molecular complexity index is 480. The monoisotopic (exact) mass is 294 g/mol. The molecule has 1 saturated carbocycles. The summed E-state index contributed by atoms with van der Waals surface area (Å²) in [4.78, 5) is 22.2. The number of anilines is 1. The summed E-state index contributed by atoms with van der Waals surface area (Å²) < 4.78 is 1.26. The SMILES string of the molecule is O=C(O)Cn1cc(NC(=O)NCCCC2CCCC2)cn1. The minimum atomic E-state index is -0.971. The molecule has 0 bridgehead atoms. The smallest absolute Gasteiger partial charge is 0.325 e. The number of amides is 2. The number of urea groups is 1. The van der Waals surface area contributed by atoms with E-state index < -0.39 is 5.97 Å². The third-order valence-corrected chi connectivity index (χ3v) is 3.74. The van der Waals surface area contributed by atoms with E-state index in [1.54, 1.807) is 0 Å². The van der Waals surface area contributed by atoms with Crippen LogP contribution in [-0.4, -0.2) is 33.4 Å². The van der Waals surface area contributed by atoms with Crippen LogP contribution < -0.4 is 10.6 Å². The number of hydrogen-bond donors (Lipinski definition) is 3. The summed E-state index contributed by atoms with van der Waals surface area (Å²) >= 11 is 0. The molecule has 0 aromatic carbocycles. The van der Waals surface area contributed by atoms with Gasteiger partial charge in [-0.1, -0.05) is 25.7 Å². The highest BCUT2D eigenvalue weighted by molar-refractivity contribution is 5.88. The van der Waals surface area contributed by atoms with E-state index >= 15 is 0 Å². The van der Waals surface area contributed by atoms with Crippen LogP contribution in [0.2, 0.25) is 0 Å². The number of aromatic nitrogens is 2. The number of hydrogen-bond acceptors (Lipinski definition) is 3. The topological polar surface area (TPSA) is 96.2 Å². The molecular formula is C14H22N4O3. The van der Waals surface area contributed by atoms with E-state index in [4.69, 9.17) is 5.11 Å². The number of carbonyl (C=O) groups is 2. The summed E-state index contributed by atoms with van der Waals surface area (Å²) in [6.07, 6.45) is 10.4. The highest BCUT2D eigenvalue weighted by Crippen LogP contribution is 2.28. The first-order valence-corrected chi connectivity index (χ1v) is 7.42. The number of carbonyl (C=O) groups excluding carboxylic acids is 1. The molecule has 1 aromatic heterocycles. The van der Waals surface area contributed by atoms with E-state index in [1.807, 2.05) is 0 Å². The van der Waals surface area contributed by atoms with Gasteiger partial charge < -0.3 is 15.7 Å². The van der Waals surface area contributed by atoms with Crippen LogP contribution in [0, 0.1) is 5.92 Å². The molecule has 1 heterocycles. The summed E-state index contributed by atoms with van der Waals surface area (Å²) in [5.41, 5.74) is 0.490. The quantitative estimate of drug-likeness (QED) is 0.671. The van der Waals surface area contributed by atoms with Crippen molar-refractivity contribution in [3.63, 3.8) is 0 Å². The molecule has 116 valence electrons. The number of carboxylic acid groups (broad SMARTS) is 1. The van der Waals surface area contributed by atoms with Crippen LogP contribution in [0.25, 0.3) is 0 Å². The van der Waals surface area contributed by atoms with Crippen molar-refractivity contribution >= 4 is 17.7 Å². The predicted octanol–water partition coefficient (Wildman–Crippen LogP) is 2.06. The van der Waals surface area contributed by atoms with Crippen LogP contribution >= 0.6 is 0 Å². The third kappa shape index (κ3) is 5.45. The molecule has 21 heavy (non-hydrogen) atoms. The highest BCUT2D eigenvalue weighted by Gasteiger charge is 2.14. The van der Waals surface area contributed by atoms with Gasteiger partial charge in [-0.2, -0.15) is 5.10 Å². The molecule has 7 nitrogen and oxygen atoms in total. The minimum absolute atomic E-state index is 0.218. The fourth-order valence-corrected chi connectivity index (χ4v) is 2.72. The summed E-state index contributed by atoms with van der Waals surface area (Å²) in [5, 5.41) is 17.9. The van der Waals surface area contributed by atoms with Gasteiger partial charge in [-0.25, -0.2) is 4.79 Å². The van der Waals surface area contributed by atoms with Gasteiger partial charge in [-0.15, -0.1) is 0 Å². The average molecular weight is 294 g/mol. The molecular weight excluding hydrogens is 272 g/mol. The third-order valence-electron chi connectivity index (χ3n) is 3.74. The van der Waals surface area contributed by atoms with Crippen LogP contribution in [0.4, 0.5) is 10.5 Å². The molecule has 0 aliphatic heterocycles. The lowest BCUT2D eigenvalue weighted by Gasteiger charge is -2.09. The Morgan fingerprint density at radius 3 is 2.86 bits per heavy atom. The van der Waals surface area contributed by atoms with Crippen LogP contribution in [-0.2, 0) is 11.3 Å². The van der Waals surface area contributed by atoms with Crippen molar-refractivity contribution in [2.24, 2.45) is 5.92 Å². The number of nitrogens with one attached hydrogen (secondary N) is 2. The zero-order valence-electron chi connectivity index (χ0n) is 12.0. The van der Waals surface area contributed by atoms with Gasteiger partial charge in [0.25, 0.3) is 0 Å². The molecule has 7 heteroatoms. The van der Waals surface area contributed by atoms with Crippen LogP contribution in [0.5, 0.6) is 0 Å². The summed E-state index contributed by atoms with van der Waals surface area (Å²) in [7, 11) is 0. The van der Waals surface area contributed by atoms with E-state index in [-0.39, 0.29) is 12.6 Å². The van der Waals surface area contributed by atoms with E-state index in [9.17, 15) is 9.59 Å². The average Bonchev–Trinajstić information content (AvgIpc) is 3.06. The van der Waals surface area contributed by atoms with Gasteiger partial charge in [0, 0.05) is 12.7 Å². The lowest BCUT2D eigenvalue weighted by atomic mass is 10.0. The Labute approximate surface area is 123 Å². The first kappa shape index (κ1) is 15.3. The zero-order valence-corrected chi connectivity index (χ0v) is 12.0. The standard InChI is InChI=1S/C14H22N4O3/c19-13(20)10-18-9-12(8-16-18)17-14(21)15-7-3-6-11-4-1-2-5-11/h8-9,11H,1-7,10H2,(H,19,20)(H2,15,17,21). The molecule has 0 radical (unpaired) electrons. The van der Waals surface area contributed by atoms with E-state index in [0.29, 0.717) is 12.2 Å². The molecule has 0 atom stereocenters. The second-order valence-corrected chi connectivity index (χ2v) is 5.49. The van der Waals surface area contributed by atoms with Gasteiger partial charge in [0.05, 0.1) is 11.9 Å².